The summed E-state index contributed by atoms with van der Waals surface area (Å²) in [5, 5.41) is 3.32. The molecular formula is C7H13N3OS2. The van der Waals surface area contributed by atoms with Crippen LogP contribution in [0.25, 0.3) is 0 Å². The van der Waals surface area contributed by atoms with E-state index in [4.69, 9.17) is 0 Å². The Bertz CT molecular complexity index is 230. The van der Waals surface area contributed by atoms with Gasteiger partial charge in [-0.3, -0.25) is 14.8 Å². The summed E-state index contributed by atoms with van der Waals surface area (Å²) in [5.41, 5.74) is 0. The lowest BCUT2D eigenvalue weighted by atomic mass is 10.8. The minimum Gasteiger partial charge on any atom is -0.270 e. The Balaban J connectivity index is 2.40. The Morgan fingerprint density at radius 1 is 1.54 bits per heavy atom. The quantitative estimate of drug-likeness (QED) is 0.624. The molecule has 0 N–H and O–H groups in total. The van der Waals surface area contributed by atoms with Crippen LogP contribution in [0.3, 0.4) is 0 Å². The Morgan fingerprint density at radius 2 is 2.23 bits per heavy atom. The molecule has 1 rings (SSSR count). The summed E-state index contributed by atoms with van der Waals surface area (Å²) in [7, 11) is 5.42. The van der Waals surface area contributed by atoms with Gasteiger partial charge in [0.1, 0.15) is 4.38 Å². The molecular weight excluding hydrogens is 206 g/mol. The number of nitrogens with zero attached hydrogens (tertiary/aromatic N) is 3. The highest BCUT2D eigenvalue weighted by molar-refractivity contribution is 8.45. The molecule has 4 nitrogen and oxygen atoms in total. The second-order valence-electron chi connectivity index (χ2n) is 2.73. The van der Waals surface area contributed by atoms with Gasteiger partial charge >= 0.3 is 5.24 Å². The highest BCUT2D eigenvalue weighted by Crippen LogP contribution is 2.23. The molecule has 0 aliphatic carbocycles. The van der Waals surface area contributed by atoms with Gasteiger partial charge in [0.05, 0.1) is 6.54 Å². The molecule has 0 spiro atoms. The maximum atomic E-state index is 11.5. The first-order valence-corrected chi connectivity index (χ1v) is 5.71. The number of rotatable bonds is 1. The van der Waals surface area contributed by atoms with E-state index in [2.05, 4.69) is 4.99 Å². The van der Waals surface area contributed by atoms with Crippen molar-refractivity contribution in [3.05, 3.63) is 0 Å². The van der Waals surface area contributed by atoms with Crippen LogP contribution in [0.15, 0.2) is 4.99 Å². The average molecular weight is 219 g/mol. The van der Waals surface area contributed by atoms with Crippen LogP contribution in [0.1, 0.15) is 0 Å². The lowest BCUT2D eigenvalue weighted by molar-refractivity contribution is 0.106. The number of aliphatic imine (C=N–C) groups is 1. The number of thioether (sulfide) groups is 2. The standard InChI is InChI=1S/C7H13N3OS2/c1-9(2)10(3)7(11)13-6-8-4-5-12-6/h4-5H2,1-3H3. The van der Waals surface area contributed by atoms with Gasteiger partial charge < -0.3 is 0 Å². The fourth-order valence-electron chi connectivity index (χ4n) is 0.681. The second kappa shape index (κ2) is 4.88. The number of hydrogen-bond donors (Lipinski definition) is 0. The number of hydrazine groups is 1. The Morgan fingerprint density at radius 3 is 2.69 bits per heavy atom. The third-order valence-corrected chi connectivity index (χ3v) is 3.71. The van der Waals surface area contributed by atoms with E-state index in [-0.39, 0.29) is 5.24 Å². The van der Waals surface area contributed by atoms with Crippen LogP contribution in [0.4, 0.5) is 4.79 Å². The second-order valence-corrected chi connectivity index (χ2v) is 5.02. The van der Waals surface area contributed by atoms with Crippen molar-refractivity contribution in [1.82, 2.24) is 10.0 Å². The van der Waals surface area contributed by atoms with Crippen LogP contribution >= 0.6 is 23.5 Å². The lowest BCUT2D eigenvalue weighted by Gasteiger charge is -2.23. The first-order chi connectivity index (χ1) is 6.11. The molecule has 0 radical (unpaired) electrons. The molecule has 0 aromatic heterocycles. The van der Waals surface area contributed by atoms with E-state index in [0.717, 1.165) is 16.7 Å². The molecule has 0 fully saturated rings. The molecule has 1 heterocycles. The van der Waals surface area contributed by atoms with Gasteiger partial charge in [-0.25, -0.2) is 5.01 Å². The summed E-state index contributed by atoms with van der Waals surface area (Å²) < 4.78 is 0.888. The summed E-state index contributed by atoms with van der Waals surface area (Å²) in [6.07, 6.45) is 0. The van der Waals surface area contributed by atoms with Gasteiger partial charge in [-0.1, -0.05) is 11.8 Å². The fourth-order valence-corrected chi connectivity index (χ4v) is 2.52. The molecule has 0 unspecified atom stereocenters. The predicted molar refractivity (Wildman–Crippen MR) is 59.2 cm³/mol. The number of carbonyl (C=O) groups is 1. The van der Waals surface area contributed by atoms with E-state index in [1.54, 1.807) is 28.8 Å². The van der Waals surface area contributed by atoms with Gasteiger partial charge in [-0.15, -0.1) is 0 Å². The third-order valence-electron chi connectivity index (χ3n) is 1.60. The van der Waals surface area contributed by atoms with Crippen LogP contribution in [-0.4, -0.2) is 53.1 Å². The normalized spacial score (nSPS) is 16.2. The van der Waals surface area contributed by atoms with E-state index < -0.39 is 0 Å². The zero-order valence-electron chi connectivity index (χ0n) is 7.98. The highest BCUT2D eigenvalue weighted by atomic mass is 32.2. The van der Waals surface area contributed by atoms with Gasteiger partial charge in [-0.2, -0.15) is 0 Å². The maximum absolute atomic E-state index is 11.5. The Labute approximate surface area is 86.7 Å². The fraction of sp³-hybridized carbons (Fsp3) is 0.714. The molecule has 0 saturated carbocycles. The monoisotopic (exact) mass is 219 g/mol. The van der Waals surface area contributed by atoms with E-state index in [1.807, 2.05) is 14.1 Å². The first kappa shape index (κ1) is 10.9. The average Bonchev–Trinajstić information content (AvgIpc) is 2.55. The molecule has 1 aliphatic rings. The van der Waals surface area contributed by atoms with Gasteiger partial charge in [0, 0.05) is 26.9 Å². The third kappa shape index (κ3) is 3.21. The van der Waals surface area contributed by atoms with Gasteiger partial charge in [0.15, 0.2) is 0 Å². The molecule has 13 heavy (non-hydrogen) atoms. The first-order valence-electron chi connectivity index (χ1n) is 3.91. The minimum absolute atomic E-state index is 0.0122. The molecule has 0 bridgehead atoms. The van der Waals surface area contributed by atoms with Crippen LogP contribution in [-0.2, 0) is 0 Å². The van der Waals surface area contributed by atoms with Crippen LogP contribution in [0.2, 0.25) is 0 Å². The Kier molecular flexibility index (Phi) is 4.08. The number of carbonyl (C=O) groups excluding carboxylic acids is 1. The van der Waals surface area contributed by atoms with Crippen LogP contribution < -0.4 is 0 Å². The molecule has 74 valence electrons. The molecule has 1 amide bonds. The van der Waals surface area contributed by atoms with Crippen molar-refractivity contribution in [2.24, 2.45) is 4.99 Å². The van der Waals surface area contributed by atoms with Crippen molar-refractivity contribution in [2.45, 2.75) is 0 Å². The molecule has 0 saturated heterocycles. The van der Waals surface area contributed by atoms with Crippen LogP contribution in [0, 0.1) is 0 Å². The highest BCUT2D eigenvalue weighted by Gasteiger charge is 2.17. The van der Waals surface area contributed by atoms with E-state index in [0.29, 0.717) is 0 Å². The SMILES string of the molecule is CN(C)N(C)C(=O)SC1=NCCS1. The summed E-state index contributed by atoms with van der Waals surface area (Å²) >= 11 is 2.85. The van der Waals surface area contributed by atoms with Crippen molar-refractivity contribution in [2.75, 3.05) is 33.4 Å². The van der Waals surface area contributed by atoms with Crippen LogP contribution in [0.5, 0.6) is 0 Å². The minimum atomic E-state index is 0.0122. The van der Waals surface area contributed by atoms with Gasteiger partial charge in [0.25, 0.3) is 0 Å². The Hall–Kier alpha value is -0.200. The van der Waals surface area contributed by atoms with Crippen molar-refractivity contribution in [3.8, 4) is 0 Å². The van der Waals surface area contributed by atoms with Gasteiger partial charge in [0.2, 0.25) is 0 Å². The summed E-state index contributed by atoms with van der Waals surface area (Å²) in [4.78, 5) is 15.7. The maximum Gasteiger partial charge on any atom is 0.302 e. The van der Waals surface area contributed by atoms with Crippen molar-refractivity contribution < 1.29 is 4.79 Å². The largest absolute Gasteiger partial charge is 0.302 e. The molecule has 0 aromatic carbocycles. The number of amides is 1. The van der Waals surface area contributed by atoms with E-state index in [1.165, 1.54) is 11.8 Å². The lowest BCUT2D eigenvalue weighted by Crippen LogP contribution is -2.36. The van der Waals surface area contributed by atoms with Crippen molar-refractivity contribution in [1.29, 1.82) is 0 Å². The van der Waals surface area contributed by atoms with Crippen molar-refractivity contribution >= 4 is 33.1 Å². The predicted octanol–water partition coefficient (Wildman–Crippen LogP) is 1.35. The number of hydrogen-bond acceptors (Lipinski definition) is 5. The van der Waals surface area contributed by atoms with Gasteiger partial charge in [-0.05, 0) is 11.8 Å². The molecule has 6 heteroatoms. The summed E-state index contributed by atoms with van der Waals surface area (Å²) in [6.45, 7) is 0.839. The zero-order chi connectivity index (χ0) is 9.84. The van der Waals surface area contributed by atoms with E-state index in [9.17, 15) is 4.79 Å². The molecule has 0 aromatic rings. The summed E-state index contributed by atoms with van der Waals surface area (Å²) in [6, 6.07) is 0. The molecule has 0 atom stereocenters. The van der Waals surface area contributed by atoms with E-state index >= 15 is 0 Å². The zero-order valence-corrected chi connectivity index (χ0v) is 9.61. The topological polar surface area (TPSA) is 35.9 Å². The molecule has 1 aliphatic heterocycles. The van der Waals surface area contributed by atoms with Crippen molar-refractivity contribution in [3.63, 3.8) is 0 Å². The smallest absolute Gasteiger partial charge is 0.270 e. The summed E-state index contributed by atoms with van der Waals surface area (Å²) in [5.74, 6) is 1.00.